The normalized spacial score (nSPS) is 12.9. The summed E-state index contributed by atoms with van der Waals surface area (Å²) in [7, 11) is 0. The van der Waals surface area contributed by atoms with Crippen LogP contribution in [0.15, 0.2) is 23.8 Å². The molecule has 0 radical (unpaired) electrons. The average Bonchev–Trinajstić information content (AvgIpc) is 3.05. The first-order chi connectivity index (χ1) is 9.65. The minimum absolute atomic E-state index is 0.209. The number of thiazole rings is 1. The lowest BCUT2D eigenvalue weighted by Crippen LogP contribution is -2.20. The molecule has 0 aliphatic carbocycles. The molecule has 3 aromatic heterocycles. The molecule has 3 rings (SSSR count). The molecule has 5 nitrogen and oxygen atoms in total. The molecule has 104 valence electrons. The van der Waals surface area contributed by atoms with Crippen LogP contribution in [0, 0.1) is 13.8 Å². The number of aryl methyl sites for hydroxylation is 2. The Labute approximate surface area is 121 Å². The van der Waals surface area contributed by atoms with E-state index in [4.69, 9.17) is 0 Å². The Morgan fingerprint density at radius 1 is 1.35 bits per heavy atom. The Hall–Kier alpha value is -1.79. The van der Waals surface area contributed by atoms with E-state index in [1.165, 1.54) is 0 Å². The number of hydrogen-bond acceptors (Lipinski definition) is 5. The van der Waals surface area contributed by atoms with E-state index in [2.05, 4.69) is 34.2 Å². The molecular formula is C14H17N5S. The summed E-state index contributed by atoms with van der Waals surface area (Å²) in [4.78, 5) is 8.76. The van der Waals surface area contributed by atoms with Crippen LogP contribution in [0.3, 0.4) is 0 Å². The van der Waals surface area contributed by atoms with E-state index in [0.29, 0.717) is 0 Å². The first-order valence-electron chi connectivity index (χ1n) is 6.59. The first-order valence-corrected chi connectivity index (χ1v) is 7.47. The number of aromatic nitrogens is 4. The van der Waals surface area contributed by atoms with Gasteiger partial charge in [-0.2, -0.15) is 5.10 Å². The van der Waals surface area contributed by atoms with Crippen molar-refractivity contribution in [3.05, 3.63) is 45.8 Å². The molecule has 3 aromatic rings. The summed E-state index contributed by atoms with van der Waals surface area (Å²) < 4.78 is 1.91. The predicted molar refractivity (Wildman–Crippen MR) is 79.8 cm³/mol. The molecule has 1 N–H and O–H groups in total. The quantitative estimate of drug-likeness (QED) is 0.801. The molecule has 20 heavy (non-hydrogen) atoms. The molecule has 0 spiro atoms. The van der Waals surface area contributed by atoms with Crippen molar-refractivity contribution >= 4 is 17.0 Å². The fourth-order valence-electron chi connectivity index (χ4n) is 2.29. The Bertz CT molecular complexity index is 717. The van der Waals surface area contributed by atoms with Crippen LogP contribution in [-0.2, 0) is 6.54 Å². The van der Waals surface area contributed by atoms with Crippen LogP contribution in [0.1, 0.15) is 34.9 Å². The van der Waals surface area contributed by atoms with E-state index in [1.54, 1.807) is 11.3 Å². The summed E-state index contributed by atoms with van der Waals surface area (Å²) in [5, 5.41) is 11.1. The fraction of sp³-hybridized carbons (Fsp3) is 0.357. The van der Waals surface area contributed by atoms with Crippen LogP contribution in [0.2, 0.25) is 0 Å². The van der Waals surface area contributed by atoms with Crippen LogP contribution in [0.5, 0.6) is 0 Å². The lowest BCUT2D eigenvalue weighted by molar-refractivity contribution is 0.563. The monoisotopic (exact) mass is 287 g/mol. The smallest absolute Gasteiger partial charge is 0.155 e. The molecule has 1 atom stereocenters. The Balaban J connectivity index is 1.83. The molecule has 0 aliphatic rings. The van der Waals surface area contributed by atoms with Crippen molar-refractivity contribution in [3.63, 3.8) is 0 Å². The van der Waals surface area contributed by atoms with Gasteiger partial charge in [-0.25, -0.2) is 14.5 Å². The molecule has 6 heteroatoms. The fourth-order valence-corrected chi connectivity index (χ4v) is 2.86. The summed E-state index contributed by atoms with van der Waals surface area (Å²) in [5.74, 6) is 0. The largest absolute Gasteiger partial charge is 0.304 e. The highest BCUT2D eigenvalue weighted by molar-refractivity contribution is 7.09. The standard InChI is InChI=1S/C14H17N5S/c1-9-6-13-17-7-12(11(3)19(13)18-9)10(2)16-8-14-15-4-5-20-14/h4-7,10,16H,8H2,1-3H3. The third-order valence-corrected chi connectivity index (χ3v) is 4.17. The molecule has 0 aromatic carbocycles. The van der Waals surface area contributed by atoms with E-state index < -0.39 is 0 Å². The Kier molecular flexibility index (Phi) is 3.50. The maximum absolute atomic E-state index is 4.48. The third-order valence-electron chi connectivity index (χ3n) is 3.39. The number of rotatable bonds is 4. The topological polar surface area (TPSA) is 55.1 Å². The zero-order valence-electron chi connectivity index (χ0n) is 11.8. The molecule has 0 aliphatic heterocycles. The molecule has 0 bridgehead atoms. The van der Waals surface area contributed by atoms with Gasteiger partial charge in [0.1, 0.15) is 5.01 Å². The lowest BCUT2D eigenvalue weighted by atomic mass is 10.1. The van der Waals surface area contributed by atoms with Gasteiger partial charge in [-0.1, -0.05) is 0 Å². The Morgan fingerprint density at radius 2 is 2.20 bits per heavy atom. The highest BCUT2D eigenvalue weighted by atomic mass is 32.1. The van der Waals surface area contributed by atoms with E-state index in [9.17, 15) is 0 Å². The second-order valence-electron chi connectivity index (χ2n) is 4.88. The van der Waals surface area contributed by atoms with Crippen molar-refractivity contribution in [2.75, 3.05) is 0 Å². The van der Waals surface area contributed by atoms with Crippen molar-refractivity contribution in [1.29, 1.82) is 0 Å². The van der Waals surface area contributed by atoms with Gasteiger partial charge in [-0.3, -0.25) is 0 Å². The van der Waals surface area contributed by atoms with Gasteiger partial charge < -0.3 is 5.32 Å². The van der Waals surface area contributed by atoms with Crippen LogP contribution < -0.4 is 5.32 Å². The van der Waals surface area contributed by atoms with Gasteiger partial charge in [0, 0.05) is 47.7 Å². The van der Waals surface area contributed by atoms with Gasteiger partial charge in [-0.05, 0) is 20.8 Å². The number of fused-ring (bicyclic) bond motifs is 1. The molecule has 3 heterocycles. The van der Waals surface area contributed by atoms with Gasteiger partial charge in [0.15, 0.2) is 5.65 Å². The van der Waals surface area contributed by atoms with Gasteiger partial charge >= 0.3 is 0 Å². The molecule has 0 saturated heterocycles. The maximum Gasteiger partial charge on any atom is 0.155 e. The lowest BCUT2D eigenvalue weighted by Gasteiger charge is -2.16. The van der Waals surface area contributed by atoms with E-state index in [1.807, 2.05) is 35.3 Å². The van der Waals surface area contributed by atoms with Crippen molar-refractivity contribution in [3.8, 4) is 0 Å². The van der Waals surface area contributed by atoms with Crippen LogP contribution in [-0.4, -0.2) is 19.6 Å². The SMILES string of the molecule is Cc1cc2ncc(C(C)NCc3nccs3)c(C)n2n1. The third kappa shape index (κ3) is 2.44. The molecular weight excluding hydrogens is 270 g/mol. The van der Waals surface area contributed by atoms with Crippen LogP contribution in [0.4, 0.5) is 0 Å². The van der Waals surface area contributed by atoms with E-state index in [0.717, 1.165) is 34.2 Å². The summed E-state index contributed by atoms with van der Waals surface area (Å²) >= 11 is 1.66. The average molecular weight is 287 g/mol. The van der Waals surface area contributed by atoms with E-state index in [-0.39, 0.29) is 6.04 Å². The van der Waals surface area contributed by atoms with Crippen molar-refractivity contribution < 1.29 is 0 Å². The number of nitrogens with zero attached hydrogens (tertiary/aromatic N) is 4. The molecule has 1 unspecified atom stereocenters. The molecule has 0 saturated carbocycles. The van der Waals surface area contributed by atoms with Gasteiger partial charge in [0.2, 0.25) is 0 Å². The van der Waals surface area contributed by atoms with Crippen LogP contribution in [0.25, 0.3) is 5.65 Å². The highest BCUT2D eigenvalue weighted by Gasteiger charge is 2.13. The van der Waals surface area contributed by atoms with Gasteiger partial charge in [0.25, 0.3) is 0 Å². The van der Waals surface area contributed by atoms with Crippen molar-refractivity contribution in [2.24, 2.45) is 0 Å². The van der Waals surface area contributed by atoms with Crippen LogP contribution >= 0.6 is 11.3 Å². The minimum atomic E-state index is 0.209. The second-order valence-corrected chi connectivity index (χ2v) is 5.86. The van der Waals surface area contributed by atoms with Crippen molar-refractivity contribution in [2.45, 2.75) is 33.4 Å². The predicted octanol–water partition coefficient (Wildman–Crippen LogP) is 2.65. The van der Waals surface area contributed by atoms with E-state index >= 15 is 0 Å². The zero-order valence-corrected chi connectivity index (χ0v) is 12.6. The maximum atomic E-state index is 4.48. The summed E-state index contributed by atoms with van der Waals surface area (Å²) in [6, 6.07) is 2.20. The highest BCUT2D eigenvalue weighted by Crippen LogP contribution is 2.18. The summed E-state index contributed by atoms with van der Waals surface area (Å²) in [6.45, 7) is 6.98. The van der Waals surface area contributed by atoms with Crippen molar-refractivity contribution in [1.82, 2.24) is 24.9 Å². The summed E-state index contributed by atoms with van der Waals surface area (Å²) in [5.41, 5.74) is 4.18. The molecule has 0 amide bonds. The second kappa shape index (κ2) is 5.30. The number of hydrogen-bond donors (Lipinski definition) is 1. The summed E-state index contributed by atoms with van der Waals surface area (Å²) in [6.07, 6.45) is 3.77. The Morgan fingerprint density at radius 3 is 2.95 bits per heavy atom. The first kappa shape index (κ1) is 13.2. The molecule has 0 fully saturated rings. The van der Waals surface area contributed by atoms with Gasteiger partial charge in [0.05, 0.1) is 5.69 Å². The number of nitrogens with one attached hydrogen (secondary N) is 1. The zero-order chi connectivity index (χ0) is 14.1. The van der Waals surface area contributed by atoms with Gasteiger partial charge in [-0.15, -0.1) is 11.3 Å². The minimum Gasteiger partial charge on any atom is -0.304 e.